The zero-order valence-electron chi connectivity index (χ0n) is 13.4. The minimum absolute atomic E-state index is 0.688. The molecule has 0 amide bonds. The van der Waals surface area contributed by atoms with E-state index < -0.39 is 0 Å². The number of hydrogen-bond donors (Lipinski definition) is 0. The van der Waals surface area contributed by atoms with Gasteiger partial charge in [0.1, 0.15) is 5.04 Å². The van der Waals surface area contributed by atoms with Gasteiger partial charge >= 0.3 is 0 Å². The molecule has 3 aromatic rings. The third-order valence-corrected chi connectivity index (χ3v) is 5.17. The summed E-state index contributed by atoms with van der Waals surface area (Å²) >= 11 is 9.38. The lowest BCUT2D eigenvalue weighted by molar-refractivity contribution is 1.47. The summed E-state index contributed by atoms with van der Waals surface area (Å²) in [4.78, 5) is 7.09. The van der Waals surface area contributed by atoms with Crippen LogP contribution in [0.4, 0.5) is 5.69 Å². The molecule has 0 N–H and O–H groups in total. The summed E-state index contributed by atoms with van der Waals surface area (Å²) in [5.41, 5.74) is 0.847. The normalized spacial score (nSPS) is 11.8. The molecular weight excluding hydrogens is 366 g/mol. The van der Waals surface area contributed by atoms with Crippen molar-refractivity contribution in [2.45, 2.75) is 9.79 Å². The van der Waals surface area contributed by atoms with Crippen molar-refractivity contribution < 1.29 is 0 Å². The van der Waals surface area contributed by atoms with E-state index in [1.165, 1.54) is 4.90 Å². The molecule has 0 spiro atoms. The minimum Gasteiger partial charge on any atom is -0.242 e. The van der Waals surface area contributed by atoms with Crippen LogP contribution in [-0.2, 0) is 0 Å². The highest BCUT2D eigenvalue weighted by Gasteiger charge is 2.01. The summed E-state index contributed by atoms with van der Waals surface area (Å²) in [6, 6.07) is 28.1. The first-order valence-corrected chi connectivity index (χ1v) is 9.82. The van der Waals surface area contributed by atoms with Crippen LogP contribution in [0.1, 0.15) is 0 Å². The third kappa shape index (κ3) is 6.13. The Hall–Kier alpha value is -1.94. The lowest BCUT2D eigenvalue weighted by Crippen LogP contribution is -1.86. The van der Waals surface area contributed by atoms with E-state index in [9.17, 15) is 0 Å². The van der Waals surface area contributed by atoms with E-state index in [0.29, 0.717) is 5.02 Å². The van der Waals surface area contributed by atoms with Crippen molar-refractivity contribution in [3.05, 3.63) is 101 Å². The lowest BCUT2D eigenvalue weighted by Gasteiger charge is -2.03. The number of nitrogens with zero attached hydrogens (tertiary/aromatic N) is 1. The second-order valence-corrected chi connectivity index (χ2v) is 7.59. The summed E-state index contributed by atoms with van der Waals surface area (Å²) in [6.07, 6.45) is 2.04. The summed E-state index contributed by atoms with van der Waals surface area (Å²) in [7, 11) is 0. The fourth-order valence-electron chi connectivity index (χ4n) is 2.05. The van der Waals surface area contributed by atoms with Gasteiger partial charge in [-0.1, -0.05) is 77.6 Å². The molecule has 0 fully saturated rings. The van der Waals surface area contributed by atoms with Gasteiger partial charge < -0.3 is 0 Å². The number of thioether (sulfide) groups is 2. The fraction of sp³-hybridized carbons (Fsp3) is 0. The smallest absolute Gasteiger partial charge is 0.102 e. The predicted octanol–water partition coefficient (Wildman–Crippen LogP) is 7.47. The first kappa shape index (κ1) is 17.9. The van der Waals surface area contributed by atoms with Gasteiger partial charge in [-0.15, -0.1) is 0 Å². The maximum atomic E-state index is 6.07. The average molecular weight is 382 g/mol. The number of hydrogen-bond acceptors (Lipinski definition) is 3. The summed E-state index contributed by atoms with van der Waals surface area (Å²) in [5.74, 6) is 0. The van der Waals surface area contributed by atoms with Gasteiger partial charge in [0.15, 0.2) is 0 Å². The van der Waals surface area contributed by atoms with E-state index in [2.05, 4.69) is 29.7 Å². The molecule has 0 atom stereocenters. The van der Waals surface area contributed by atoms with E-state index in [4.69, 9.17) is 16.6 Å². The van der Waals surface area contributed by atoms with Crippen LogP contribution in [0.5, 0.6) is 0 Å². The molecule has 0 aliphatic carbocycles. The zero-order chi connectivity index (χ0) is 17.3. The predicted molar refractivity (Wildman–Crippen MR) is 112 cm³/mol. The molecule has 124 valence electrons. The molecule has 0 bridgehead atoms. The van der Waals surface area contributed by atoms with E-state index in [-0.39, 0.29) is 0 Å². The number of halogens is 1. The highest BCUT2D eigenvalue weighted by molar-refractivity contribution is 8.14. The molecule has 0 heterocycles. The molecule has 1 nitrogen and oxygen atoms in total. The van der Waals surface area contributed by atoms with Crippen molar-refractivity contribution in [3.8, 4) is 0 Å². The van der Waals surface area contributed by atoms with E-state index >= 15 is 0 Å². The van der Waals surface area contributed by atoms with Gasteiger partial charge in [0, 0.05) is 14.8 Å². The number of rotatable bonds is 5. The Balaban J connectivity index is 1.81. The van der Waals surface area contributed by atoms with Crippen molar-refractivity contribution in [1.29, 1.82) is 0 Å². The average Bonchev–Trinajstić information content (AvgIpc) is 2.63. The Morgan fingerprint density at radius 3 is 2.16 bits per heavy atom. The van der Waals surface area contributed by atoms with Gasteiger partial charge in [-0.25, -0.2) is 4.99 Å². The topological polar surface area (TPSA) is 12.4 Å². The maximum absolute atomic E-state index is 6.07. The Morgan fingerprint density at radius 1 is 0.800 bits per heavy atom. The Bertz CT molecular complexity index is 861. The van der Waals surface area contributed by atoms with Crippen LogP contribution in [0.2, 0.25) is 5.02 Å². The van der Waals surface area contributed by atoms with Crippen LogP contribution >= 0.6 is 35.1 Å². The van der Waals surface area contributed by atoms with Gasteiger partial charge in [0.2, 0.25) is 0 Å². The third-order valence-electron chi connectivity index (χ3n) is 3.17. The van der Waals surface area contributed by atoms with Gasteiger partial charge in [-0.2, -0.15) is 0 Å². The van der Waals surface area contributed by atoms with Crippen LogP contribution in [0.3, 0.4) is 0 Å². The van der Waals surface area contributed by atoms with Crippen molar-refractivity contribution in [2.24, 2.45) is 4.99 Å². The zero-order valence-corrected chi connectivity index (χ0v) is 15.8. The molecule has 0 aromatic heterocycles. The summed E-state index contributed by atoms with van der Waals surface area (Å²) < 4.78 is 0. The molecule has 0 saturated heterocycles. The number of benzene rings is 3. The van der Waals surface area contributed by atoms with Crippen molar-refractivity contribution in [2.75, 3.05) is 0 Å². The molecule has 4 heteroatoms. The van der Waals surface area contributed by atoms with Gasteiger partial charge in [0.25, 0.3) is 0 Å². The Labute approximate surface area is 161 Å². The minimum atomic E-state index is 0.688. The van der Waals surface area contributed by atoms with Gasteiger partial charge in [-0.05, 0) is 53.9 Å². The molecule has 25 heavy (non-hydrogen) atoms. The highest BCUT2D eigenvalue weighted by atomic mass is 35.5. The van der Waals surface area contributed by atoms with Gasteiger partial charge in [0.05, 0.1) is 5.69 Å². The monoisotopic (exact) mass is 381 g/mol. The first-order valence-electron chi connectivity index (χ1n) is 7.75. The van der Waals surface area contributed by atoms with Crippen molar-refractivity contribution in [3.63, 3.8) is 0 Å². The summed E-state index contributed by atoms with van der Waals surface area (Å²) in [5, 5.41) is 3.67. The van der Waals surface area contributed by atoms with Gasteiger partial charge in [-0.3, -0.25) is 0 Å². The summed E-state index contributed by atoms with van der Waals surface area (Å²) in [6.45, 7) is 0. The van der Waals surface area contributed by atoms with E-state index in [1.54, 1.807) is 23.5 Å². The van der Waals surface area contributed by atoms with Crippen LogP contribution in [-0.4, -0.2) is 5.04 Å². The quantitative estimate of drug-likeness (QED) is 0.258. The molecule has 3 rings (SSSR count). The van der Waals surface area contributed by atoms with Crippen molar-refractivity contribution >= 4 is 45.9 Å². The van der Waals surface area contributed by atoms with Crippen LogP contribution in [0.25, 0.3) is 0 Å². The lowest BCUT2D eigenvalue weighted by atomic mass is 10.3. The molecule has 0 saturated carbocycles. The Morgan fingerprint density at radius 2 is 1.48 bits per heavy atom. The molecule has 0 radical (unpaired) electrons. The highest BCUT2D eigenvalue weighted by Crippen LogP contribution is 2.26. The van der Waals surface area contributed by atoms with Crippen LogP contribution in [0, 0.1) is 0 Å². The SMILES string of the molecule is Clc1cccc(N=C(C=CSc2ccccc2)Sc2ccccc2)c1. The maximum Gasteiger partial charge on any atom is 0.102 e. The standard InChI is InChI=1S/C21H16ClNS2/c22-17-8-7-9-18(16-17)23-21(25-20-12-5-2-6-13-20)14-15-24-19-10-3-1-4-11-19/h1-16H. The van der Waals surface area contributed by atoms with E-state index in [0.717, 1.165) is 15.6 Å². The Kier molecular flexibility index (Phi) is 6.80. The first-order chi connectivity index (χ1) is 12.3. The number of aliphatic imine (C=N–C) groups is 1. The van der Waals surface area contributed by atoms with E-state index in [1.807, 2.05) is 66.7 Å². The van der Waals surface area contributed by atoms with Crippen molar-refractivity contribution in [1.82, 2.24) is 0 Å². The molecular formula is C21H16ClNS2. The fourth-order valence-corrected chi connectivity index (χ4v) is 3.81. The van der Waals surface area contributed by atoms with Crippen LogP contribution < -0.4 is 0 Å². The molecule has 0 aliphatic rings. The van der Waals surface area contributed by atoms with Crippen LogP contribution in [0.15, 0.2) is 111 Å². The second kappa shape index (κ2) is 9.52. The molecule has 0 unspecified atom stereocenters. The molecule has 0 aliphatic heterocycles. The second-order valence-electron chi connectivity index (χ2n) is 5.08. The molecule has 3 aromatic carbocycles. The largest absolute Gasteiger partial charge is 0.242 e.